The first-order valence-electron chi connectivity index (χ1n) is 8.28. The van der Waals surface area contributed by atoms with E-state index in [4.69, 9.17) is 4.74 Å². The molecular weight excluding hydrogens is 322 g/mol. The molecule has 0 unspecified atom stereocenters. The Bertz CT molecular complexity index is 794. The Hall–Kier alpha value is -2.14. The van der Waals surface area contributed by atoms with Gasteiger partial charge in [-0.25, -0.2) is 4.79 Å². The van der Waals surface area contributed by atoms with E-state index in [0.29, 0.717) is 23.6 Å². The van der Waals surface area contributed by atoms with Gasteiger partial charge in [0.25, 0.3) is 0 Å². The Morgan fingerprint density at radius 1 is 1.29 bits per heavy atom. The number of nitrogens with one attached hydrogen (secondary N) is 1. The van der Waals surface area contributed by atoms with E-state index in [1.54, 1.807) is 6.92 Å². The second-order valence-electron chi connectivity index (χ2n) is 5.97. The van der Waals surface area contributed by atoms with E-state index in [9.17, 15) is 9.59 Å². The lowest BCUT2D eigenvalue weighted by atomic mass is 10.1. The molecule has 1 heterocycles. The number of carbonyl (C=O) groups excluding carboxylic acids is 2. The molecule has 5 heteroatoms. The number of esters is 1. The maximum Gasteiger partial charge on any atom is 0.341 e. The van der Waals surface area contributed by atoms with E-state index in [-0.39, 0.29) is 17.8 Å². The minimum atomic E-state index is -0.359. The third-order valence-corrected chi connectivity index (χ3v) is 5.59. The summed E-state index contributed by atoms with van der Waals surface area (Å²) in [6.07, 6.45) is 1.46. The quantitative estimate of drug-likeness (QED) is 0.695. The van der Waals surface area contributed by atoms with Gasteiger partial charge in [0.15, 0.2) is 0 Å². The third kappa shape index (κ3) is 2.84. The van der Waals surface area contributed by atoms with E-state index in [1.165, 1.54) is 16.9 Å². The topological polar surface area (TPSA) is 55.4 Å². The fourth-order valence-corrected chi connectivity index (χ4v) is 4.14. The molecule has 1 aliphatic rings. The molecule has 126 valence electrons. The summed E-state index contributed by atoms with van der Waals surface area (Å²) in [7, 11) is 0. The Morgan fingerprint density at radius 2 is 2.04 bits per heavy atom. The van der Waals surface area contributed by atoms with Crippen LogP contribution < -0.4 is 5.32 Å². The molecular formula is C19H21NO3S. The number of carbonyl (C=O) groups is 2. The lowest BCUT2D eigenvalue weighted by molar-refractivity contribution is -0.119. The van der Waals surface area contributed by atoms with Gasteiger partial charge in [-0.2, -0.15) is 0 Å². The predicted octanol–water partition coefficient (Wildman–Crippen LogP) is 4.48. The van der Waals surface area contributed by atoms with Gasteiger partial charge in [-0.05, 0) is 30.0 Å². The van der Waals surface area contributed by atoms with Crippen LogP contribution in [-0.4, -0.2) is 18.5 Å². The molecule has 0 saturated heterocycles. The van der Waals surface area contributed by atoms with Gasteiger partial charge < -0.3 is 10.1 Å². The molecule has 2 aromatic rings. The summed E-state index contributed by atoms with van der Waals surface area (Å²) < 4.78 is 5.24. The van der Waals surface area contributed by atoms with E-state index in [2.05, 4.69) is 17.4 Å². The molecule has 0 spiro atoms. The first-order valence-corrected chi connectivity index (χ1v) is 9.10. The number of hydrogen-bond donors (Lipinski definition) is 1. The number of ether oxygens (including phenoxy) is 1. The number of thiophene rings is 1. The van der Waals surface area contributed by atoms with Crippen molar-refractivity contribution in [2.24, 2.45) is 5.92 Å². The molecule has 1 aromatic carbocycles. The molecule has 0 aliphatic heterocycles. The highest BCUT2D eigenvalue weighted by molar-refractivity contribution is 7.20. The Balaban J connectivity index is 2.04. The van der Waals surface area contributed by atoms with Crippen LogP contribution in [0.15, 0.2) is 24.3 Å². The average Bonchev–Trinajstić information content (AvgIpc) is 3.09. The van der Waals surface area contributed by atoms with Crippen LogP contribution in [0, 0.1) is 5.92 Å². The van der Waals surface area contributed by atoms with E-state index >= 15 is 0 Å². The zero-order valence-electron chi connectivity index (χ0n) is 14.1. The monoisotopic (exact) mass is 343 g/mol. The summed E-state index contributed by atoms with van der Waals surface area (Å²) in [5, 5.41) is 3.55. The molecule has 1 aromatic heterocycles. The van der Waals surface area contributed by atoms with Crippen molar-refractivity contribution in [3.8, 4) is 10.4 Å². The van der Waals surface area contributed by atoms with Gasteiger partial charge in [0, 0.05) is 17.2 Å². The second-order valence-corrected chi connectivity index (χ2v) is 6.99. The van der Waals surface area contributed by atoms with E-state index in [1.807, 2.05) is 26.0 Å². The smallest absolute Gasteiger partial charge is 0.341 e. The zero-order chi connectivity index (χ0) is 17.3. The standard InChI is InChI=1S/C19H21NO3S/c1-4-11(3)17(21)20-18-15(19(22)23-5-2)14-10-12-8-6-7-9-13(12)16(14)24-18/h6-9,11H,4-5,10H2,1-3H3,(H,20,21)/t11-/m0/s1. The van der Waals surface area contributed by atoms with Crippen LogP contribution in [0.1, 0.15) is 48.7 Å². The molecule has 1 atom stereocenters. The van der Waals surface area contributed by atoms with Crippen molar-refractivity contribution in [2.45, 2.75) is 33.6 Å². The predicted molar refractivity (Wildman–Crippen MR) is 96.6 cm³/mol. The molecule has 1 N–H and O–H groups in total. The fraction of sp³-hybridized carbons (Fsp3) is 0.368. The highest BCUT2D eigenvalue weighted by atomic mass is 32.1. The summed E-state index contributed by atoms with van der Waals surface area (Å²) >= 11 is 1.47. The Labute approximate surface area is 145 Å². The summed E-state index contributed by atoms with van der Waals surface area (Å²) in [4.78, 5) is 25.8. The van der Waals surface area contributed by atoms with Crippen molar-refractivity contribution in [3.63, 3.8) is 0 Å². The van der Waals surface area contributed by atoms with Crippen LogP contribution in [0.2, 0.25) is 0 Å². The van der Waals surface area contributed by atoms with Crippen molar-refractivity contribution in [1.29, 1.82) is 0 Å². The largest absolute Gasteiger partial charge is 0.462 e. The molecule has 0 radical (unpaired) electrons. The van der Waals surface area contributed by atoms with Crippen molar-refractivity contribution in [1.82, 2.24) is 0 Å². The van der Waals surface area contributed by atoms with Crippen molar-refractivity contribution >= 4 is 28.2 Å². The van der Waals surface area contributed by atoms with Crippen molar-refractivity contribution in [3.05, 3.63) is 41.0 Å². The van der Waals surface area contributed by atoms with Crippen LogP contribution in [0.3, 0.4) is 0 Å². The second kappa shape index (κ2) is 6.77. The minimum absolute atomic E-state index is 0.0590. The van der Waals surface area contributed by atoms with Gasteiger partial charge in [-0.3, -0.25) is 4.79 Å². The van der Waals surface area contributed by atoms with Crippen LogP contribution in [0.25, 0.3) is 10.4 Å². The number of benzene rings is 1. The summed E-state index contributed by atoms with van der Waals surface area (Å²) in [6.45, 7) is 5.96. The lowest BCUT2D eigenvalue weighted by Crippen LogP contribution is -2.21. The maximum atomic E-state index is 12.5. The zero-order valence-corrected chi connectivity index (χ0v) is 15.0. The van der Waals surface area contributed by atoms with Crippen LogP contribution in [-0.2, 0) is 16.0 Å². The molecule has 3 rings (SSSR count). The molecule has 4 nitrogen and oxygen atoms in total. The summed E-state index contributed by atoms with van der Waals surface area (Å²) in [5.74, 6) is -0.511. The van der Waals surface area contributed by atoms with Crippen LogP contribution in [0.5, 0.6) is 0 Å². The normalized spacial score (nSPS) is 13.1. The van der Waals surface area contributed by atoms with E-state index < -0.39 is 0 Å². The van der Waals surface area contributed by atoms with Crippen molar-refractivity contribution in [2.75, 3.05) is 11.9 Å². The number of rotatable bonds is 5. The first-order chi connectivity index (χ1) is 11.6. The Morgan fingerprint density at radius 3 is 2.75 bits per heavy atom. The van der Waals surface area contributed by atoms with Gasteiger partial charge in [-0.1, -0.05) is 38.1 Å². The Kier molecular flexibility index (Phi) is 4.71. The summed E-state index contributed by atoms with van der Waals surface area (Å²) in [6, 6.07) is 8.14. The fourth-order valence-electron chi connectivity index (χ4n) is 2.87. The van der Waals surface area contributed by atoms with Gasteiger partial charge in [0.1, 0.15) is 5.00 Å². The van der Waals surface area contributed by atoms with Crippen LogP contribution in [0.4, 0.5) is 5.00 Å². The molecule has 1 aliphatic carbocycles. The lowest BCUT2D eigenvalue weighted by Gasteiger charge is -2.11. The molecule has 0 saturated carbocycles. The number of anilines is 1. The van der Waals surface area contributed by atoms with E-state index in [0.717, 1.165) is 22.4 Å². The first kappa shape index (κ1) is 16.7. The highest BCUT2D eigenvalue weighted by Gasteiger charge is 2.31. The molecule has 0 bridgehead atoms. The molecule has 0 fully saturated rings. The third-order valence-electron chi connectivity index (χ3n) is 4.41. The number of fused-ring (bicyclic) bond motifs is 3. The number of hydrogen-bond acceptors (Lipinski definition) is 4. The average molecular weight is 343 g/mol. The van der Waals surface area contributed by atoms with Crippen LogP contribution >= 0.6 is 11.3 Å². The molecule has 24 heavy (non-hydrogen) atoms. The van der Waals surface area contributed by atoms with Gasteiger partial charge in [0.05, 0.1) is 12.2 Å². The minimum Gasteiger partial charge on any atom is -0.462 e. The highest BCUT2D eigenvalue weighted by Crippen LogP contribution is 2.47. The van der Waals surface area contributed by atoms with Gasteiger partial charge in [-0.15, -0.1) is 11.3 Å². The molecule has 1 amide bonds. The van der Waals surface area contributed by atoms with Gasteiger partial charge in [0.2, 0.25) is 5.91 Å². The SMILES string of the molecule is CCOC(=O)c1c(NC(=O)[C@@H](C)CC)sc2c1Cc1ccccc1-2. The van der Waals surface area contributed by atoms with Crippen molar-refractivity contribution < 1.29 is 14.3 Å². The summed E-state index contributed by atoms with van der Waals surface area (Å²) in [5.41, 5.74) is 3.85. The number of amides is 1. The van der Waals surface area contributed by atoms with Gasteiger partial charge >= 0.3 is 5.97 Å². The maximum absolute atomic E-state index is 12.5.